The molecule has 200 valence electrons. The summed E-state index contributed by atoms with van der Waals surface area (Å²) in [4.78, 5) is 4.12. The van der Waals surface area contributed by atoms with Crippen LogP contribution < -0.4 is 10.1 Å². The van der Waals surface area contributed by atoms with Crippen molar-refractivity contribution in [2.75, 3.05) is 6.61 Å². The Morgan fingerprint density at radius 2 is 2.00 bits per heavy atom. The van der Waals surface area contributed by atoms with E-state index in [0.29, 0.717) is 22.7 Å². The molecule has 4 rings (SSSR count). The maximum Gasteiger partial charge on any atom is 0.161 e. The zero-order valence-electron chi connectivity index (χ0n) is 22.3. The number of rotatable bonds is 10. The number of benzene rings is 1. The number of nitrogens with zero attached hydrogens (tertiary/aromatic N) is 6. The Morgan fingerprint density at radius 1 is 1.26 bits per heavy atom. The fourth-order valence-corrected chi connectivity index (χ4v) is 3.92. The predicted octanol–water partition coefficient (Wildman–Crippen LogP) is 4.98. The minimum atomic E-state index is -1.00. The molecule has 1 aromatic carbocycles. The lowest BCUT2D eigenvalue weighted by molar-refractivity contribution is 0.0283. The first-order chi connectivity index (χ1) is 18.6. The van der Waals surface area contributed by atoms with Crippen LogP contribution in [0.4, 0.5) is 4.39 Å². The van der Waals surface area contributed by atoms with Gasteiger partial charge in [0.1, 0.15) is 24.2 Å². The Hall–Kier alpha value is -4.75. The second-order valence-electron chi connectivity index (χ2n) is 9.77. The normalized spacial score (nSPS) is 13.3. The zero-order valence-corrected chi connectivity index (χ0v) is 22.3. The number of hydrogen-bond acceptors (Lipinski definition) is 7. The molecule has 0 aliphatic carbocycles. The number of aliphatic imine (C=N–C) groups is 1. The number of allylic oxidation sites excluding steroid dienone is 3. The molecule has 39 heavy (non-hydrogen) atoms. The van der Waals surface area contributed by atoms with Crippen molar-refractivity contribution in [1.82, 2.24) is 24.7 Å². The summed E-state index contributed by atoms with van der Waals surface area (Å²) in [5.41, 5.74) is 3.44. The van der Waals surface area contributed by atoms with Crippen LogP contribution in [0.1, 0.15) is 50.4 Å². The van der Waals surface area contributed by atoms with Gasteiger partial charge in [-0.05, 0) is 69.8 Å². The van der Waals surface area contributed by atoms with Crippen molar-refractivity contribution in [2.24, 2.45) is 4.99 Å². The Morgan fingerprint density at radius 3 is 2.62 bits per heavy atom. The molecule has 0 saturated heterocycles. The summed E-state index contributed by atoms with van der Waals surface area (Å²) in [7, 11) is 0. The van der Waals surface area contributed by atoms with Gasteiger partial charge < -0.3 is 15.2 Å². The molecule has 0 radical (unpaired) electrons. The molecule has 10 heteroatoms. The summed E-state index contributed by atoms with van der Waals surface area (Å²) in [6, 6.07) is 11.5. The first-order valence-electron chi connectivity index (χ1n) is 12.3. The van der Waals surface area contributed by atoms with Gasteiger partial charge in [0.15, 0.2) is 5.82 Å². The second-order valence-corrected chi connectivity index (χ2v) is 9.77. The van der Waals surface area contributed by atoms with E-state index in [4.69, 9.17) is 4.74 Å². The minimum absolute atomic E-state index is 0.0934. The molecular weight excluding hydrogens is 497 g/mol. The van der Waals surface area contributed by atoms with E-state index in [1.165, 1.54) is 23.3 Å². The number of ether oxygens (including phenoxy) is 1. The van der Waals surface area contributed by atoms with Gasteiger partial charge in [-0.15, -0.1) is 0 Å². The van der Waals surface area contributed by atoms with Gasteiger partial charge in [-0.2, -0.15) is 15.5 Å². The lowest BCUT2D eigenvalue weighted by atomic mass is 10.0. The van der Waals surface area contributed by atoms with E-state index in [0.717, 1.165) is 22.4 Å². The molecule has 0 amide bonds. The van der Waals surface area contributed by atoms with Gasteiger partial charge in [-0.3, -0.25) is 0 Å². The summed E-state index contributed by atoms with van der Waals surface area (Å²) < 4.78 is 22.2. The fraction of sp³-hybridized carbons (Fsp3) is 0.241. The van der Waals surface area contributed by atoms with Crippen molar-refractivity contribution in [3.05, 3.63) is 95.6 Å². The molecule has 9 nitrogen and oxygen atoms in total. The van der Waals surface area contributed by atoms with Crippen molar-refractivity contribution >= 4 is 17.8 Å². The van der Waals surface area contributed by atoms with Crippen LogP contribution in [0, 0.1) is 17.1 Å². The van der Waals surface area contributed by atoms with E-state index >= 15 is 0 Å². The lowest BCUT2D eigenvalue weighted by Gasteiger charge is -2.18. The van der Waals surface area contributed by atoms with Crippen LogP contribution >= 0.6 is 0 Å². The highest BCUT2D eigenvalue weighted by atomic mass is 19.1. The number of aromatic nitrogens is 4. The molecule has 0 aliphatic heterocycles. The van der Waals surface area contributed by atoms with Crippen LogP contribution in [0.3, 0.4) is 0 Å². The Kier molecular flexibility index (Phi) is 7.93. The average molecular weight is 528 g/mol. The molecular formula is C29H30FN7O2. The summed E-state index contributed by atoms with van der Waals surface area (Å²) in [5, 5.41) is 31.3. The molecule has 0 bridgehead atoms. The number of hydrogen-bond donors (Lipinski definition) is 2. The summed E-state index contributed by atoms with van der Waals surface area (Å²) in [5.74, 6) is 0.675. The van der Waals surface area contributed by atoms with Crippen LogP contribution in [-0.4, -0.2) is 43.4 Å². The van der Waals surface area contributed by atoms with Gasteiger partial charge in [0.2, 0.25) is 0 Å². The minimum Gasteiger partial charge on any atom is -0.489 e. The third-order valence-corrected chi connectivity index (χ3v) is 5.96. The number of nitriles is 1. The number of aliphatic hydroxyl groups is 1. The van der Waals surface area contributed by atoms with Gasteiger partial charge in [0, 0.05) is 11.6 Å². The van der Waals surface area contributed by atoms with Crippen molar-refractivity contribution in [1.29, 1.82) is 5.26 Å². The average Bonchev–Trinajstić information content (AvgIpc) is 3.54. The maximum atomic E-state index is 13.3. The van der Waals surface area contributed by atoms with Crippen molar-refractivity contribution < 1.29 is 14.2 Å². The van der Waals surface area contributed by atoms with Crippen molar-refractivity contribution in [3.63, 3.8) is 0 Å². The van der Waals surface area contributed by atoms with E-state index in [2.05, 4.69) is 33.3 Å². The Balaban J connectivity index is 1.57. The third kappa shape index (κ3) is 6.58. The topological polar surface area (TPSA) is 113 Å². The molecule has 3 aromatic heterocycles. The van der Waals surface area contributed by atoms with Crippen molar-refractivity contribution in [2.45, 2.75) is 39.3 Å². The van der Waals surface area contributed by atoms with E-state index in [9.17, 15) is 14.8 Å². The lowest BCUT2D eigenvalue weighted by Crippen LogP contribution is -2.28. The molecule has 3 heterocycles. The molecule has 0 aliphatic rings. The highest BCUT2D eigenvalue weighted by molar-refractivity contribution is 5.82. The standard InChI is InChI=1S/C29H30FN7O2/c1-19(26-12-25(39-18-29(3,4)38)17-37-28(26)22(13-31)14-33-37)6-11-27(32-5)35-20(2)21-7-9-24(10-8-21)36-16-23(30)15-34-36/h6-12,14-17,20,35,38H,5,18H2,1-4H3/b19-6+,27-11+/t20-/m0/s1. The molecule has 0 saturated carbocycles. The van der Waals surface area contributed by atoms with E-state index in [1.807, 2.05) is 56.3 Å². The number of nitrogens with one attached hydrogen (secondary N) is 1. The summed E-state index contributed by atoms with van der Waals surface area (Å²) in [6.07, 6.45) is 9.36. The largest absolute Gasteiger partial charge is 0.489 e. The molecule has 0 fully saturated rings. The van der Waals surface area contributed by atoms with E-state index < -0.39 is 11.4 Å². The van der Waals surface area contributed by atoms with Gasteiger partial charge in [-0.25, -0.2) is 18.6 Å². The van der Waals surface area contributed by atoms with Gasteiger partial charge in [-0.1, -0.05) is 18.2 Å². The Labute approximate surface area is 226 Å². The van der Waals surface area contributed by atoms with Crippen LogP contribution in [0.2, 0.25) is 0 Å². The monoisotopic (exact) mass is 527 g/mol. The molecule has 4 aromatic rings. The SMILES string of the molecule is C=N/C(=C\C=C(/C)c1cc(OCC(C)(C)O)cn2ncc(C#N)c12)N[C@@H](C)c1ccc(-n2cc(F)cn2)cc1. The Bertz CT molecular complexity index is 1580. The highest BCUT2D eigenvalue weighted by Crippen LogP contribution is 2.28. The molecule has 1 atom stereocenters. The molecule has 0 unspecified atom stereocenters. The predicted molar refractivity (Wildman–Crippen MR) is 148 cm³/mol. The van der Waals surface area contributed by atoms with Crippen LogP contribution in [0.5, 0.6) is 5.75 Å². The molecule has 2 N–H and O–H groups in total. The summed E-state index contributed by atoms with van der Waals surface area (Å²) >= 11 is 0. The van der Waals surface area contributed by atoms with Gasteiger partial charge >= 0.3 is 0 Å². The number of fused-ring (bicyclic) bond motifs is 1. The van der Waals surface area contributed by atoms with Crippen LogP contribution in [0.25, 0.3) is 16.8 Å². The van der Waals surface area contributed by atoms with E-state index in [-0.39, 0.29) is 12.6 Å². The van der Waals surface area contributed by atoms with Gasteiger partial charge in [0.25, 0.3) is 0 Å². The fourth-order valence-electron chi connectivity index (χ4n) is 3.92. The second kappa shape index (κ2) is 11.3. The van der Waals surface area contributed by atoms with Crippen LogP contribution in [0.15, 0.2) is 78.1 Å². The van der Waals surface area contributed by atoms with Crippen molar-refractivity contribution in [3.8, 4) is 17.5 Å². The molecule has 0 spiro atoms. The first-order valence-corrected chi connectivity index (χ1v) is 12.3. The maximum absolute atomic E-state index is 13.3. The highest BCUT2D eigenvalue weighted by Gasteiger charge is 2.17. The quantitative estimate of drug-likeness (QED) is 0.222. The van der Waals surface area contributed by atoms with Gasteiger partial charge in [0.05, 0.1) is 47.2 Å². The van der Waals surface area contributed by atoms with Crippen LogP contribution in [-0.2, 0) is 0 Å². The number of halogens is 1. The number of pyridine rings is 1. The zero-order chi connectivity index (χ0) is 28.2. The first kappa shape index (κ1) is 27.3. The third-order valence-electron chi connectivity index (χ3n) is 5.96. The summed E-state index contributed by atoms with van der Waals surface area (Å²) in [6.45, 7) is 11.0. The smallest absolute Gasteiger partial charge is 0.161 e. The van der Waals surface area contributed by atoms with E-state index in [1.54, 1.807) is 24.6 Å².